The van der Waals surface area contributed by atoms with Gasteiger partial charge in [0.25, 0.3) is 5.91 Å². The van der Waals surface area contributed by atoms with Crippen molar-refractivity contribution < 1.29 is 19.4 Å². The molecule has 2 rings (SSSR count). The molecule has 1 amide bonds. The van der Waals surface area contributed by atoms with Crippen LogP contribution in [0.2, 0.25) is 0 Å². The lowest BCUT2D eigenvalue weighted by atomic mass is 10.1. The number of thiophene rings is 1. The maximum Gasteiger partial charge on any atom is 0.330 e. The third kappa shape index (κ3) is 3.28. The summed E-state index contributed by atoms with van der Waals surface area (Å²) in [6.07, 6.45) is 0. The molecule has 5 nitrogen and oxygen atoms in total. The van der Waals surface area contributed by atoms with E-state index in [0.29, 0.717) is 16.9 Å². The number of aliphatic carboxylic acids is 1. The topological polar surface area (TPSA) is 75.6 Å². The first-order valence-corrected chi connectivity index (χ1v) is 7.54. The Hall–Kier alpha value is -2.34. The number of methoxy groups -OCH3 is 1. The number of carbonyl (C=O) groups is 2. The van der Waals surface area contributed by atoms with Crippen LogP contribution in [0.5, 0.6) is 5.75 Å². The van der Waals surface area contributed by atoms with Crippen molar-refractivity contribution in [3.8, 4) is 5.75 Å². The number of carbonyl (C=O) groups excluding carboxylic acids is 1. The van der Waals surface area contributed by atoms with Gasteiger partial charge in [-0.15, -0.1) is 11.3 Å². The van der Waals surface area contributed by atoms with E-state index in [1.807, 2.05) is 13.8 Å². The van der Waals surface area contributed by atoms with Crippen LogP contribution in [-0.4, -0.2) is 24.1 Å². The van der Waals surface area contributed by atoms with Gasteiger partial charge in [-0.25, -0.2) is 4.79 Å². The van der Waals surface area contributed by atoms with Gasteiger partial charge in [-0.2, -0.15) is 0 Å². The quantitative estimate of drug-likeness (QED) is 0.888. The van der Waals surface area contributed by atoms with Gasteiger partial charge in [0.1, 0.15) is 5.75 Å². The molecule has 1 aromatic heterocycles. The number of carboxylic acids is 1. The molecule has 1 aromatic carbocycles. The van der Waals surface area contributed by atoms with E-state index in [4.69, 9.17) is 4.74 Å². The smallest absolute Gasteiger partial charge is 0.330 e. The summed E-state index contributed by atoms with van der Waals surface area (Å²) in [5.41, 5.74) is 1.88. The van der Waals surface area contributed by atoms with Crippen LogP contribution in [0, 0.1) is 13.8 Å². The maximum absolute atomic E-state index is 12.3. The molecule has 2 aromatic rings. The number of benzene rings is 1. The number of hydrogen-bond donors (Lipinski definition) is 2. The molecule has 2 N–H and O–H groups in total. The zero-order chi connectivity index (χ0) is 16.3. The van der Waals surface area contributed by atoms with Gasteiger partial charge in [0.05, 0.1) is 12.7 Å². The molecule has 0 bridgehead atoms. The second kappa shape index (κ2) is 6.62. The van der Waals surface area contributed by atoms with Gasteiger partial charge in [0.2, 0.25) is 0 Å². The highest BCUT2D eigenvalue weighted by Gasteiger charge is 2.24. The van der Waals surface area contributed by atoms with E-state index >= 15 is 0 Å². The van der Waals surface area contributed by atoms with E-state index in [1.54, 1.807) is 29.6 Å². The summed E-state index contributed by atoms with van der Waals surface area (Å²) in [6.45, 7) is 3.78. The van der Waals surface area contributed by atoms with Crippen LogP contribution in [0.25, 0.3) is 0 Å². The highest BCUT2D eigenvalue weighted by Crippen LogP contribution is 2.22. The lowest BCUT2D eigenvalue weighted by molar-refractivity contribution is -0.139. The summed E-state index contributed by atoms with van der Waals surface area (Å²) >= 11 is 1.47. The van der Waals surface area contributed by atoms with Crippen molar-refractivity contribution in [3.05, 3.63) is 51.2 Å². The zero-order valence-electron chi connectivity index (χ0n) is 12.5. The van der Waals surface area contributed by atoms with E-state index in [2.05, 4.69) is 5.32 Å². The standard InChI is InChI=1S/C16H17NO4S/c1-9-10(2)22-8-13(9)15(18)17-14(16(19)20)11-4-6-12(21-3)7-5-11/h4-8,14H,1-3H3,(H,17,18)(H,19,20). The number of rotatable bonds is 5. The molecule has 1 heterocycles. The second-order valence-corrected chi connectivity index (χ2v) is 5.93. The monoisotopic (exact) mass is 319 g/mol. The fraction of sp³-hybridized carbons (Fsp3) is 0.250. The fourth-order valence-electron chi connectivity index (χ4n) is 2.03. The fourth-order valence-corrected chi connectivity index (χ4v) is 2.90. The minimum Gasteiger partial charge on any atom is -0.497 e. The average Bonchev–Trinajstić information content (AvgIpc) is 2.84. The van der Waals surface area contributed by atoms with Gasteiger partial charge < -0.3 is 15.2 Å². The third-order valence-corrected chi connectivity index (χ3v) is 4.52. The van der Waals surface area contributed by atoms with Crippen molar-refractivity contribution in [3.63, 3.8) is 0 Å². The Morgan fingerprint density at radius 2 is 1.86 bits per heavy atom. The highest BCUT2D eigenvalue weighted by molar-refractivity contribution is 7.10. The molecular weight excluding hydrogens is 302 g/mol. The van der Waals surface area contributed by atoms with Crippen molar-refractivity contribution in [2.75, 3.05) is 7.11 Å². The van der Waals surface area contributed by atoms with Crippen LogP contribution in [0.3, 0.4) is 0 Å². The molecule has 0 fully saturated rings. The molecule has 1 unspecified atom stereocenters. The van der Waals surface area contributed by atoms with Crippen LogP contribution in [-0.2, 0) is 4.79 Å². The molecule has 0 aliphatic rings. The molecular formula is C16H17NO4S. The Bertz CT molecular complexity index is 691. The molecule has 6 heteroatoms. The summed E-state index contributed by atoms with van der Waals surface area (Å²) in [5.74, 6) is -0.864. The lowest BCUT2D eigenvalue weighted by Gasteiger charge is -2.15. The summed E-state index contributed by atoms with van der Waals surface area (Å²) in [4.78, 5) is 24.8. The van der Waals surface area contributed by atoms with Gasteiger partial charge in [0.15, 0.2) is 6.04 Å². The van der Waals surface area contributed by atoms with Crippen molar-refractivity contribution in [1.82, 2.24) is 5.32 Å². The second-order valence-electron chi connectivity index (χ2n) is 4.85. The molecule has 0 aliphatic heterocycles. The molecule has 0 saturated heterocycles. The predicted octanol–water partition coefficient (Wildman–Crippen LogP) is 2.93. The third-order valence-electron chi connectivity index (χ3n) is 3.50. The van der Waals surface area contributed by atoms with E-state index in [-0.39, 0.29) is 5.91 Å². The van der Waals surface area contributed by atoms with Gasteiger partial charge in [-0.1, -0.05) is 12.1 Å². The first-order chi connectivity index (χ1) is 10.4. The van der Waals surface area contributed by atoms with Crippen molar-refractivity contribution in [2.45, 2.75) is 19.9 Å². The Kier molecular flexibility index (Phi) is 4.82. The maximum atomic E-state index is 12.3. The lowest BCUT2D eigenvalue weighted by Crippen LogP contribution is -2.33. The summed E-state index contributed by atoms with van der Waals surface area (Å²) in [7, 11) is 1.53. The highest BCUT2D eigenvalue weighted by atomic mass is 32.1. The predicted molar refractivity (Wildman–Crippen MR) is 84.6 cm³/mol. The number of aryl methyl sites for hydroxylation is 1. The van der Waals surface area contributed by atoms with E-state index in [1.165, 1.54) is 18.4 Å². The summed E-state index contributed by atoms with van der Waals surface area (Å²) < 4.78 is 5.04. The summed E-state index contributed by atoms with van der Waals surface area (Å²) in [6, 6.07) is 5.49. The van der Waals surface area contributed by atoms with Gasteiger partial charge in [0, 0.05) is 10.3 Å². The van der Waals surface area contributed by atoms with Crippen molar-refractivity contribution >= 4 is 23.2 Å². The van der Waals surface area contributed by atoms with Crippen molar-refractivity contribution in [2.24, 2.45) is 0 Å². The zero-order valence-corrected chi connectivity index (χ0v) is 13.4. The molecule has 0 spiro atoms. The molecule has 1 atom stereocenters. The van der Waals surface area contributed by atoms with Gasteiger partial charge >= 0.3 is 5.97 Å². The van der Waals surface area contributed by atoms with Gasteiger partial charge in [-0.3, -0.25) is 4.79 Å². The SMILES string of the molecule is COc1ccc(C(NC(=O)c2csc(C)c2C)C(=O)O)cc1. The number of nitrogens with one attached hydrogen (secondary N) is 1. The Morgan fingerprint density at radius 3 is 2.32 bits per heavy atom. The minimum atomic E-state index is -1.11. The molecule has 0 aliphatic carbocycles. The molecule has 0 radical (unpaired) electrons. The number of carboxylic acid groups (broad SMARTS) is 1. The van der Waals surface area contributed by atoms with Crippen LogP contribution in [0.4, 0.5) is 0 Å². The molecule has 22 heavy (non-hydrogen) atoms. The van der Waals surface area contributed by atoms with E-state index in [9.17, 15) is 14.7 Å². The van der Waals surface area contributed by atoms with Crippen LogP contribution >= 0.6 is 11.3 Å². The Balaban J connectivity index is 2.23. The number of amides is 1. The van der Waals surface area contributed by atoms with Crippen LogP contribution in [0.15, 0.2) is 29.6 Å². The first-order valence-electron chi connectivity index (χ1n) is 6.66. The minimum absolute atomic E-state index is 0.384. The van der Waals surface area contributed by atoms with Crippen LogP contribution < -0.4 is 10.1 Å². The Morgan fingerprint density at radius 1 is 1.23 bits per heavy atom. The number of ether oxygens (including phenoxy) is 1. The summed E-state index contributed by atoms with van der Waals surface area (Å²) in [5, 5.41) is 13.7. The molecule has 116 valence electrons. The van der Waals surface area contributed by atoms with E-state index < -0.39 is 12.0 Å². The van der Waals surface area contributed by atoms with E-state index in [0.717, 1.165) is 10.4 Å². The largest absolute Gasteiger partial charge is 0.497 e. The number of hydrogen-bond acceptors (Lipinski definition) is 4. The molecule has 0 saturated carbocycles. The average molecular weight is 319 g/mol. The normalized spacial score (nSPS) is 11.8. The van der Waals surface area contributed by atoms with Crippen molar-refractivity contribution in [1.29, 1.82) is 0 Å². The van der Waals surface area contributed by atoms with Gasteiger partial charge in [-0.05, 0) is 37.1 Å². The first kappa shape index (κ1) is 16.0. The Labute approximate surface area is 132 Å². The van der Waals surface area contributed by atoms with Crippen LogP contribution in [0.1, 0.15) is 32.4 Å².